The van der Waals surface area contributed by atoms with Crippen LogP contribution in [-0.4, -0.2) is 89.2 Å². The summed E-state index contributed by atoms with van der Waals surface area (Å²) >= 11 is 0. The highest BCUT2D eigenvalue weighted by Gasteiger charge is 2.50. The molecule has 6 unspecified atom stereocenters. The Morgan fingerprint density at radius 3 is 1.30 bits per heavy atom. The molecular formula is C65H112O12. The SMILES string of the molecule is CC/C=C\C/C=C\C/C=C\C/C=C\CCCCC(=O)OCC(COC1OC(C(=O)O)C(O)C(O)C1OC(=O)CCCCCCCCCCCCCCCCCCCCC)OC(=O)CCCCCCC/C=C\CCCCCC. The molecule has 0 amide bonds. The Balaban J connectivity index is 2.67. The van der Waals surface area contributed by atoms with Crippen molar-refractivity contribution in [3.8, 4) is 0 Å². The van der Waals surface area contributed by atoms with Crippen LogP contribution in [0, 0.1) is 0 Å². The van der Waals surface area contributed by atoms with E-state index in [0.717, 1.165) is 103 Å². The topological polar surface area (TPSA) is 175 Å². The van der Waals surface area contributed by atoms with Gasteiger partial charge in [-0.2, -0.15) is 0 Å². The highest BCUT2D eigenvalue weighted by molar-refractivity contribution is 5.74. The molecule has 77 heavy (non-hydrogen) atoms. The van der Waals surface area contributed by atoms with E-state index in [4.69, 9.17) is 23.7 Å². The van der Waals surface area contributed by atoms with Gasteiger partial charge in [0.2, 0.25) is 0 Å². The van der Waals surface area contributed by atoms with Crippen molar-refractivity contribution in [2.24, 2.45) is 0 Å². The van der Waals surface area contributed by atoms with Crippen LogP contribution >= 0.6 is 0 Å². The lowest BCUT2D eigenvalue weighted by atomic mass is 9.98. The zero-order chi connectivity index (χ0) is 56.1. The van der Waals surface area contributed by atoms with Crippen LogP contribution in [0.1, 0.15) is 278 Å². The summed E-state index contributed by atoms with van der Waals surface area (Å²) in [5.74, 6) is -3.17. The summed E-state index contributed by atoms with van der Waals surface area (Å²) in [7, 11) is 0. The van der Waals surface area contributed by atoms with E-state index in [1.807, 2.05) is 0 Å². The molecule has 1 aliphatic heterocycles. The summed E-state index contributed by atoms with van der Waals surface area (Å²) < 4.78 is 28.4. The number of ether oxygens (including phenoxy) is 5. The van der Waals surface area contributed by atoms with Gasteiger partial charge in [-0.1, -0.05) is 236 Å². The third-order valence-electron chi connectivity index (χ3n) is 14.1. The van der Waals surface area contributed by atoms with Gasteiger partial charge in [0.15, 0.2) is 24.6 Å². The molecule has 1 fully saturated rings. The highest BCUT2D eigenvalue weighted by Crippen LogP contribution is 2.27. The number of esters is 3. The van der Waals surface area contributed by atoms with E-state index >= 15 is 0 Å². The summed E-state index contributed by atoms with van der Waals surface area (Å²) in [6, 6.07) is 0. The number of hydrogen-bond donors (Lipinski definition) is 3. The molecule has 1 saturated heterocycles. The summed E-state index contributed by atoms with van der Waals surface area (Å²) in [5, 5.41) is 31.5. The fraction of sp³-hybridized carbons (Fsp3) is 0.785. The van der Waals surface area contributed by atoms with E-state index in [0.29, 0.717) is 19.3 Å². The average Bonchev–Trinajstić information content (AvgIpc) is 3.42. The van der Waals surface area contributed by atoms with Crippen LogP contribution in [0.5, 0.6) is 0 Å². The fourth-order valence-electron chi connectivity index (χ4n) is 9.30. The number of unbranched alkanes of at least 4 members (excludes halogenated alkanes) is 29. The van der Waals surface area contributed by atoms with Gasteiger partial charge in [-0.25, -0.2) is 4.79 Å². The van der Waals surface area contributed by atoms with E-state index in [1.165, 1.54) is 116 Å². The zero-order valence-corrected chi connectivity index (χ0v) is 49.0. The molecule has 0 aliphatic carbocycles. The Labute approximate surface area is 468 Å². The molecule has 6 atom stereocenters. The minimum atomic E-state index is -1.91. The molecule has 0 aromatic heterocycles. The molecule has 0 aromatic rings. The Bertz CT molecular complexity index is 1570. The predicted octanol–water partition coefficient (Wildman–Crippen LogP) is 16.3. The van der Waals surface area contributed by atoms with Gasteiger partial charge in [0.05, 0.1) is 6.61 Å². The second-order valence-corrected chi connectivity index (χ2v) is 21.3. The molecule has 0 saturated carbocycles. The van der Waals surface area contributed by atoms with Gasteiger partial charge >= 0.3 is 23.9 Å². The number of rotatable bonds is 53. The van der Waals surface area contributed by atoms with Crippen molar-refractivity contribution in [2.45, 2.75) is 314 Å². The second-order valence-electron chi connectivity index (χ2n) is 21.3. The first-order valence-electron chi connectivity index (χ1n) is 31.3. The second kappa shape index (κ2) is 53.1. The highest BCUT2D eigenvalue weighted by atomic mass is 16.7. The van der Waals surface area contributed by atoms with Crippen molar-refractivity contribution in [2.75, 3.05) is 13.2 Å². The minimum Gasteiger partial charge on any atom is -0.479 e. The maximum atomic E-state index is 13.1. The predicted molar refractivity (Wildman–Crippen MR) is 312 cm³/mol. The fourth-order valence-corrected chi connectivity index (χ4v) is 9.30. The summed E-state index contributed by atoms with van der Waals surface area (Å²) in [6.45, 7) is 5.85. The first kappa shape index (κ1) is 71.4. The molecule has 0 spiro atoms. The van der Waals surface area contributed by atoms with Crippen LogP contribution in [0.25, 0.3) is 0 Å². The molecule has 1 aliphatic rings. The van der Waals surface area contributed by atoms with E-state index in [9.17, 15) is 34.5 Å². The lowest BCUT2D eigenvalue weighted by molar-refractivity contribution is -0.301. The van der Waals surface area contributed by atoms with Crippen LogP contribution < -0.4 is 0 Å². The Hall–Kier alpha value is -3.58. The Morgan fingerprint density at radius 1 is 0.442 bits per heavy atom. The molecule has 1 heterocycles. The molecular weight excluding hydrogens is 973 g/mol. The van der Waals surface area contributed by atoms with Gasteiger partial charge in [0.25, 0.3) is 0 Å². The van der Waals surface area contributed by atoms with Crippen molar-refractivity contribution in [1.82, 2.24) is 0 Å². The molecule has 12 nitrogen and oxygen atoms in total. The Morgan fingerprint density at radius 2 is 0.818 bits per heavy atom. The van der Waals surface area contributed by atoms with E-state index in [2.05, 4.69) is 81.5 Å². The van der Waals surface area contributed by atoms with E-state index in [1.54, 1.807) is 0 Å². The standard InChI is InChI=1S/C65H112O12/c1-4-7-10-13-16-19-22-25-27-28-29-30-32-35-38-41-44-47-50-53-59(68)76-63-61(70)60(69)62(64(71)72)77-65(63)74-55-56(75-58(67)52-49-46-43-40-37-33-24-21-18-15-12-9-6-3)54-73-57(66)51-48-45-42-39-36-34-31-26-23-20-17-14-11-8-5-2/h8,11,17,20-21,24,26,31,36,39,56,60-63,65,69-70H,4-7,9-10,12-16,18-19,22-23,25,27-30,32-35,37-38,40-55H2,1-3H3,(H,71,72)/b11-8-,20-17-,24-21-,31-26-,39-36-. The number of carbonyl (C=O) groups excluding carboxylic acids is 3. The molecule has 12 heteroatoms. The van der Waals surface area contributed by atoms with Crippen LogP contribution in [0.2, 0.25) is 0 Å². The molecule has 0 radical (unpaired) electrons. The summed E-state index contributed by atoms with van der Waals surface area (Å²) in [6.07, 6.45) is 53.3. The largest absolute Gasteiger partial charge is 0.479 e. The van der Waals surface area contributed by atoms with Gasteiger partial charge < -0.3 is 39.0 Å². The molecule has 1 rings (SSSR count). The van der Waals surface area contributed by atoms with E-state index < -0.39 is 67.3 Å². The van der Waals surface area contributed by atoms with Crippen molar-refractivity contribution in [3.05, 3.63) is 60.8 Å². The summed E-state index contributed by atoms with van der Waals surface area (Å²) in [4.78, 5) is 51.2. The first-order valence-corrected chi connectivity index (χ1v) is 31.3. The molecule has 444 valence electrons. The lowest BCUT2D eigenvalue weighted by Crippen LogP contribution is -2.61. The van der Waals surface area contributed by atoms with Gasteiger partial charge in [-0.05, 0) is 83.5 Å². The molecule has 0 aromatic carbocycles. The van der Waals surface area contributed by atoms with Crippen LogP contribution in [0.4, 0.5) is 0 Å². The third kappa shape index (κ3) is 43.0. The van der Waals surface area contributed by atoms with Crippen molar-refractivity contribution < 1.29 is 58.2 Å². The number of aliphatic hydroxyl groups is 2. The van der Waals surface area contributed by atoms with Gasteiger partial charge in [-0.15, -0.1) is 0 Å². The first-order chi connectivity index (χ1) is 37.6. The third-order valence-corrected chi connectivity index (χ3v) is 14.1. The number of allylic oxidation sites excluding steroid dienone is 10. The maximum absolute atomic E-state index is 13.1. The van der Waals surface area contributed by atoms with Crippen LogP contribution in [0.15, 0.2) is 60.8 Å². The van der Waals surface area contributed by atoms with Crippen LogP contribution in [-0.2, 0) is 42.9 Å². The number of carbonyl (C=O) groups is 4. The number of carboxylic acid groups (broad SMARTS) is 1. The van der Waals surface area contributed by atoms with Gasteiger partial charge in [0, 0.05) is 19.3 Å². The lowest BCUT2D eigenvalue weighted by Gasteiger charge is -2.40. The molecule has 0 bridgehead atoms. The monoisotopic (exact) mass is 1080 g/mol. The van der Waals surface area contributed by atoms with Gasteiger partial charge in [0.1, 0.15) is 18.8 Å². The van der Waals surface area contributed by atoms with Gasteiger partial charge in [-0.3, -0.25) is 14.4 Å². The van der Waals surface area contributed by atoms with Crippen molar-refractivity contribution in [3.63, 3.8) is 0 Å². The normalized spacial score (nSPS) is 18.4. The number of hydrogen-bond acceptors (Lipinski definition) is 11. The Kier molecular flexibility index (Phi) is 49.2. The molecule has 3 N–H and O–H groups in total. The number of carboxylic acids is 1. The zero-order valence-electron chi connectivity index (χ0n) is 49.0. The quantitative estimate of drug-likeness (QED) is 0.0228. The minimum absolute atomic E-state index is 0.0587. The maximum Gasteiger partial charge on any atom is 0.335 e. The number of aliphatic hydroxyl groups excluding tert-OH is 2. The van der Waals surface area contributed by atoms with E-state index in [-0.39, 0.29) is 25.9 Å². The van der Waals surface area contributed by atoms with Crippen LogP contribution in [0.3, 0.4) is 0 Å². The summed E-state index contributed by atoms with van der Waals surface area (Å²) in [5.41, 5.74) is 0. The van der Waals surface area contributed by atoms with Crippen molar-refractivity contribution in [1.29, 1.82) is 0 Å². The van der Waals surface area contributed by atoms with Crippen molar-refractivity contribution >= 4 is 23.9 Å². The number of aliphatic carboxylic acids is 1. The average molecular weight is 1090 g/mol. The smallest absolute Gasteiger partial charge is 0.335 e.